The van der Waals surface area contributed by atoms with Crippen LogP contribution >= 0.6 is 11.6 Å². The van der Waals surface area contributed by atoms with E-state index >= 15 is 0 Å². The highest BCUT2D eigenvalue weighted by atomic mass is 35.5. The second-order valence-electron chi connectivity index (χ2n) is 4.15. The monoisotopic (exact) mass is 240 g/mol. The summed E-state index contributed by atoms with van der Waals surface area (Å²) in [5.74, 6) is 0.861. The van der Waals surface area contributed by atoms with Crippen molar-refractivity contribution < 1.29 is 0 Å². The van der Waals surface area contributed by atoms with Crippen LogP contribution in [0.25, 0.3) is 0 Å². The zero-order chi connectivity index (χ0) is 11.4. The Morgan fingerprint density at radius 3 is 3.06 bits per heavy atom. The molecule has 1 aliphatic rings. The first-order valence-corrected chi connectivity index (χ1v) is 6.06. The van der Waals surface area contributed by atoms with Crippen LogP contribution in [0.4, 0.5) is 5.82 Å². The lowest BCUT2D eigenvalue weighted by Gasteiger charge is -2.27. The van der Waals surface area contributed by atoms with Gasteiger partial charge in [0.05, 0.1) is 12.4 Å². The molecule has 0 aromatic carbocycles. The standard InChI is InChI=1S/C11H17ClN4/c1-16(9-3-2-5-13-6-4-9)11-8-14-7-10(12)15-11/h7-9,13H,2-6H2,1H3. The second-order valence-corrected chi connectivity index (χ2v) is 4.53. The SMILES string of the molecule is CN(c1cncc(Cl)n1)C1CCCNCC1. The molecule has 1 aromatic rings. The van der Waals surface area contributed by atoms with Gasteiger partial charge < -0.3 is 10.2 Å². The predicted molar refractivity (Wildman–Crippen MR) is 66.0 cm³/mol. The summed E-state index contributed by atoms with van der Waals surface area (Å²) < 4.78 is 0. The summed E-state index contributed by atoms with van der Waals surface area (Å²) >= 11 is 5.85. The highest BCUT2D eigenvalue weighted by molar-refractivity contribution is 6.29. The largest absolute Gasteiger partial charge is 0.355 e. The topological polar surface area (TPSA) is 41.1 Å². The van der Waals surface area contributed by atoms with Gasteiger partial charge in [-0.25, -0.2) is 4.98 Å². The average molecular weight is 241 g/mol. The molecule has 0 saturated carbocycles. The Kier molecular flexibility index (Phi) is 3.96. The molecule has 1 atom stereocenters. The summed E-state index contributed by atoms with van der Waals surface area (Å²) in [5.41, 5.74) is 0. The molecular weight excluding hydrogens is 224 g/mol. The Morgan fingerprint density at radius 2 is 2.25 bits per heavy atom. The van der Waals surface area contributed by atoms with E-state index in [1.165, 1.54) is 12.8 Å². The summed E-state index contributed by atoms with van der Waals surface area (Å²) in [6.45, 7) is 2.19. The molecule has 1 aliphatic heterocycles. The van der Waals surface area contributed by atoms with E-state index in [4.69, 9.17) is 11.6 Å². The molecule has 0 radical (unpaired) electrons. The Hall–Kier alpha value is -0.870. The van der Waals surface area contributed by atoms with Gasteiger partial charge in [-0.3, -0.25) is 4.98 Å². The van der Waals surface area contributed by atoms with Crippen molar-refractivity contribution in [1.82, 2.24) is 15.3 Å². The van der Waals surface area contributed by atoms with E-state index in [-0.39, 0.29) is 0 Å². The molecule has 1 unspecified atom stereocenters. The van der Waals surface area contributed by atoms with Gasteiger partial charge >= 0.3 is 0 Å². The lowest BCUT2D eigenvalue weighted by atomic mass is 10.1. The van der Waals surface area contributed by atoms with E-state index < -0.39 is 0 Å². The van der Waals surface area contributed by atoms with Crippen LogP contribution in [0.5, 0.6) is 0 Å². The third-order valence-electron chi connectivity index (χ3n) is 3.05. The van der Waals surface area contributed by atoms with E-state index in [1.54, 1.807) is 12.4 Å². The van der Waals surface area contributed by atoms with Crippen LogP contribution in [-0.4, -0.2) is 36.1 Å². The van der Waals surface area contributed by atoms with Gasteiger partial charge in [-0.15, -0.1) is 0 Å². The molecule has 2 rings (SSSR count). The van der Waals surface area contributed by atoms with Crippen LogP contribution in [0.2, 0.25) is 5.15 Å². The maximum atomic E-state index is 5.85. The van der Waals surface area contributed by atoms with Gasteiger partial charge in [-0.1, -0.05) is 11.6 Å². The molecule has 0 bridgehead atoms. The summed E-state index contributed by atoms with van der Waals surface area (Å²) in [4.78, 5) is 10.5. The van der Waals surface area contributed by atoms with E-state index in [1.807, 2.05) is 0 Å². The normalized spacial score (nSPS) is 21.5. The van der Waals surface area contributed by atoms with Crippen LogP contribution in [0.1, 0.15) is 19.3 Å². The zero-order valence-electron chi connectivity index (χ0n) is 9.49. The first-order chi connectivity index (χ1) is 7.77. The maximum Gasteiger partial charge on any atom is 0.149 e. The fourth-order valence-corrected chi connectivity index (χ4v) is 2.22. The number of halogens is 1. The summed E-state index contributed by atoms with van der Waals surface area (Å²) in [6, 6.07) is 0.530. The minimum atomic E-state index is 0.455. The van der Waals surface area contributed by atoms with Gasteiger partial charge in [0.25, 0.3) is 0 Å². The number of hydrogen-bond donors (Lipinski definition) is 1. The lowest BCUT2D eigenvalue weighted by Crippen LogP contribution is -2.33. The second kappa shape index (κ2) is 5.46. The highest BCUT2D eigenvalue weighted by Crippen LogP contribution is 2.19. The van der Waals surface area contributed by atoms with Gasteiger partial charge in [0.15, 0.2) is 0 Å². The minimum absolute atomic E-state index is 0.455. The fourth-order valence-electron chi connectivity index (χ4n) is 2.08. The smallest absolute Gasteiger partial charge is 0.149 e. The van der Waals surface area contributed by atoms with Crippen molar-refractivity contribution in [3.8, 4) is 0 Å². The summed E-state index contributed by atoms with van der Waals surface area (Å²) in [7, 11) is 2.07. The molecular formula is C11H17ClN4. The van der Waals surface area contributed by atoms with Gasteiger partial charge in [-0.2, -0.15) is 0 Å². The molecule has 0 spiro atoms. The van der Waals surface area contributed by atoms with Crippen molar-refractivity contribution in [2.45, 2.75) is 25.3 Å². The summed E-state index contributed by atoms with van der Waals surface area (Å²) in [5, 5.41) is 3.86. The van der Waals surface area contributed by atoms with Crippen LogP contribution < -0.4 is 10.2 Å². The van der Waals surface area contributed by atoms with Crippen molar-refractivity contribution in [2.24, 2.45) is 0 Å². The third-order valence-corrected chi connectivity index (χ3v) is 3.23. The highest BCUT2D eigenvalue weighted by Gasteiger charge is 2.18. The van der Waals surface area contributed by atoms with Crippen molar-refractivity contribution in [3.05, 3.63) is 17.5 Å². The van der Waals surface area contributed by atoms with Crippen molar-refractivity contribution in [3.63, 3.8) is 0 Å². The average Bonchev–Trinajstić information content (AvgIpc) is 2.56. The molecule has 1 saturated heterocycles. The Labute approximate surface area is 101 Å². The molecule has 2 heterocycles. The quantitative estimate of drug-likeness (QED) is 0.855. The molecule has 1 aromatic heterocycles. The van der Waals surface area contributed by atoms with Crippen molar-refractivity contribution in [2.75, 3.05) is 25.0 Å². The molecule has 1 fully saturated rings. The van der Waals surface area contributed by atoms with Crippen LogP contribution in [-0.2, 0) is 0 Å². The zero-order valence-corrected chi connectivity index (χ0v) is 10.2. The molecule has 0 amide bonds. The first-order valence-electron chi connectivity index (χ1n) is 5.68. The number of anilines is 1. The number of hydrogen-bond acceptors (Lipinski definition) is 4. The van der Waals surface area contributed by atoms with Crippen molar-refractivity contribution >= 4 is 17.4 Å². The van der Waals surface area contributed by atoms with Crippen molar-refractivity contribution in [1.29, 1.82) is 0 Å². The molecule has 88 valence electrons. The summed E-state index contributed by atoms with van der Waals surface area (Å²) in [6.07, 6.45) is 6.88. The van der Waals surface area contributed by atoms with E-state index in [0.29, 0.717) is 11.2 Å². The first kappa shape index (κ1) is 11.6. The van der Waals surface area contributed by atoms with Gasteiger partial charge in [0.1, 0.15) is 11.0 Å². The molecule has 4 nitrogen and oxygen atoms in total. The minimum Gasteiger partial charge on any atom is -0.355 e. The van der Waals surface area contributed by atoms with Crippen LogP contribution in [0.15, 0.2) is 12.4 Å². The van der Waals surface area contributed by atoms with Gasteiger partial charge in [-0.05, 0) is 32.4 Å². The Balaban J connectivity index is 2.07. The predicted octanol–water partition coefficient (Wildman–Crippen LogP) is 1.71. The number of aromatic nitrogens is 2. The lowest BCUT2D eigenvalue weighted by molar-refractivity contribution is 0.562. The number of rotatable bonds is 2. The number of nitrogens with zero attached hydrogens (tertiary/aromatic N) is 3. The number of nitrogens with one attached hydrogen (secondary N) is 1. The van der Waals surface area contributed by atoms with Gasteiger partial charge in [0, 0.05) is 13.1 Å². The maximum absolute atomic E-state index is 5.85. The van der Waals surface area contributed by atoms with E-state index in [0.717, 1.165) is 25.3 Å². The van der Waals surface area contributed by atoms with E-state index in [2.05, 4.69) is 27.2 Å². The molecule has 1 N–H and O–H groups in total. The Bertz CT molecular complexity index is 337. The molecule has 0 aliphatic carbocycles. The fraction of sp³-hybridized carbons (Fsp3) is 0.636. The Morgan fingerprint density at radius 1 is 1.38 bits per heavy atom. The molecule has 5 heteroatoms. The van der Waals surface area contributed by atoms with Crippen LogP contribution in [0.3, 0.4) is 0 Å². The van der Waals surface area contributed by atoms with Gasteiger partial charge in [0.2, 0.25) is 0 Å². The third kappa shape index (κ3) is 2.83. The molecule has 16 heavy (non-hydrogen) atoms. The van der Waals surface area contributed by atoms with Crippen LogP contribution in [0, 0.1) is 0 Å². The van der Waals surface area contributed by atoms with E-state index in [9.17, 15) is 0 Å².